The second-order valence-electron chi connectivity index (χ2n) is 4.81. The Kier molecular flexibility index (Phi) is 4.90. The number of benzene rings is 1. The van der Waals surface area contributed by atoms with E-state index in [0.717, 1.165) is 10.5 Å². The maximum absolute atomic E-state index is 12.9. The average Bonchev–Trinajstić information content (AvgIpc) is 2.83. The first-order valence-electron chi connectivity index (χ1n) is 6.42. The third-order valence-corrected chi connectivity index (χ3v) is 3.41. The number of para-hydroxylation sites is 1. The molecule has 0 saturated heterocycles. The minimum Gasteiger partial charge on any atom is -0.325 e. The topological polar surface area (TPSA) is 46.9 Å². The molecule has 1 amide bonds. The molecule has 1 aromatic heterocycles. The number of halogens is 4. The fourth-order valence-electron chi connectivity index (χ4n) is 1.90. The number of nitrogens with zero attached hydrogens (tertiary/aromatic N) is 2. The second kappa shape index (κ2) is 6.51. The summed E-state index contributed by atoms with van der Waals surface area (Å²) >= 11 is 3.24. The second-order valence-corrected chi connectivity index (χ2v) is 5.73. The van der Waals surface area contributed by atoms with Crippen molar-refractivity contribution in [1.82, 2.24) is 9.78 Å². The van der Waals surface area contributed by atoms with Gasteiger partial charge in [-0.25, -0.2) is 0 Å². The van der Waals surface area contributed by atoms with E-state index in [2.05, 4.69) is 26.3 Å². The minimum absolute atomic E-state index is 0.242. The molecule has 2 rings (SSSR count). The van der Waals surface area contributed by atoms with E-state index in [4.69, 9.17) is 0 Å². The van der Waals surface area contributed by atoms with Crippen molar-refractivity contribution < 1.29 is 18.0 Å². The largest absolute Gasteiger partial charge is 0.418 e. The van der Waals surface area contributed by atoms with Crippen LogP contribution in [0.4, 0.5) is 18.9 Å². The van der Waals surface area contributed by atoms with Gasteiger partial charge >= 0.3 is 6.18 Å². The van der Waals surface area contributed by atoms with Crippen LogP contribution in [0.5, 0.6) is 0 Å². The summed E-state index contributed by atoms with van der Waals surface area (Å²) in [5, 5.41) is 6.34. The van der Waals surface area contributed by atoms with Crippen molar-refractivity contribution in [3.8, 4) is 0 Å². The molecular weight excluding hydrogens is 363 g/mol. The molecule has 0 radical (unpaired) electrons. The van der Waals surface area contributed by atoms with E-state index in [1.807, 2.05) is 0 Å². The Morgan fingerprint density at radius 1 is 1.41 bits per heavy atom. The summed E-state index contributed by atoms with van der Waals surface area (Å²) in [6, 6.07) is 4.89. The Labute approximate surface area is 133 Å². The van der Waals surface area contributed by atoms with Crippen molar-refractivity contribution in [3.05, 3.63) is 46.7 Å². The SMILES string of the molecule is CC(Cn1cc(Br)cn1)C(=O)Nc1ccccc1C(F)(F)F. The lowest BCUT2D eigenvalue weighted by Gasteiger charge is -2.16. The number of nitrogens with one attached hydrogen (secondary N) is 1. The van der Waals surface area contributed by atoms with Crippen LogP contribution in [-0.2, 0) is 17.5 Å². The van der Waals surface area contributed by atoms with Gasteiger partial charge < -0.3 is 5.32 Å². The molecule has 22 heavy (non-hydrogen) atoms. The molecule has 0 fully saturated rings. The Bertz CT molecular complexity index is 669. The Hall–Kier alpha value is -1.83. The van der Waals surface area contributed by atoms with Gasteiger partial charge in [-0.3, -0.25) is 9.48 Å². The van der Waals surface area contributed by atoms with Crippen molar-refractivity contribution in [1.29, 1.82) is 0 Å². The predicted octanol–water partition coefficient (Wildman–Crippen LogP) is 3.94. The van der Waals surface area contributed by atoms with Crippen molar-refractivity contribution >= 4 is 27.5 Å². The molecule has 0 aliphatic carbocycles. The Morgan fingerprint density at radius 2 is 2.09 bits per heavy atom. The lowest BCUT2D eigenvalue weighted by Crippen LogP contribution is -2.26. The number of alkyl halides is 3. The number of carbonyl (C=O) groups is 1. The molecule has 8 heteroatoms. The van der Waals surface area contributed by atoms with Crippen LogP contribution < -0.4 is 5.32 Å². The zero-order valence-corrected chi connectivity index (χ0v) is 13.1. The number of hydrogen-bond donors (Lipinski definition) is 1. The molecule has 1 unspecified atom stereocenters. The van der Waals surface area contributed by atoms with Gasteiger partial charge in [-0.1, -0.05) is 19.1 Å². The van der Waals surface area contributed by atoms with E-state index in [1.54, 1.807) is 24.0 Å². The summed E-state index contributed by atoms with van der Waals surface area (Å²) in [7, 11) is 0. The standard InChI is InChI=1S/C14H13BrF3N3O/c1-9(7-21-8-10(15)6-19-21)13(22)20-12-5-3-2-4-11(12)14(16,17)18/h2-6,8-9H,7H2,1H3,(H,20,22). The van der Waals surface area contributed by atoms with Crippen LogP contribution in [0.15, 0.2) is 41.1 Å². The Morgan fingerprint density at radius 3 is 2.68 bits per heavy atom. The number of rotatable bonds is 4. The van der Waals surface area contributed by atoms with Gasteiger partial charge in [0, 0.05) is 6.20 Å². The summed E-state index contributed by atoms with van der Waals surface area (Å²) in [4.78, 5) is 12.1. The van der Waals surface area contributed by atoms with Gasteiger partial charge in [0.2, 0.25) is 5.91 Å². The van der Waals surface area contributed by atoms with Crippen LogP contribution in [0.3, 0.4) is 0 Å². The minimum atomic E-state index is -4.51. The fourth-order valence-corrected chi connectivity index (χ4v) is 2.22. The van der Waals surface area contributed by atoms with E-state index in [1.165, 1.54) is 18.2 Å². The smallest absolute Gasteiger partial charge is 0.325 e. The number of carbonyl (C=O) groups excluding carboxylic acids is 1. The zero-order chi connectivity index (χ0) is 16.3. The molecule has 2 aromatic rings. The first kappa shape index (κ1) is 16.5. The predicted molar refractivity (Wildman–Crippen MR) is 79.2 cm³/mol. The summed E-state index contributed by atoms with van der Waals surface area (Å²) in [6.07, 6.45) is -1.25. The lowest BCUT2D eigenvalue weighted by molar-refractivity contribution is -0.137. The van der Waals surface area contributed by atoms with Gasteiger partial charge in [0.1, 0.15) is 0 Å². The van der Waals surface area contributed by atoms with E-state index < -0.39 is 23.6 Å². The van der Waals surface area contributed by atoms with Crippen LogP contribution in [0.25, 0.3) is 0 Å². The normalized spacial score (nSPS) is 13.0. The maximum Gasteiger partial charge on any atom is 0.418 e. The van der Waals surface area contributed by atoms with Crippen molar-refractivity contribution in [2.45, 2.75) is 19.6 Å². The van der Waals surface area contributed by atoms with Crippen molar-refractivity contribution in [3.63, 3.8) is 0 Å². The number of aromatic nitrogens is 2. The molecule has 0 bridgehead atoms. The third kappa shape index (κ3) is 4.09. The quantitative estimate of drug-likeness (QED) is 0.879. The fraction of sp³-hybridized carbons (Fsp3) is 0.286. The molecular formula is C14H13BrF3N3O. The highest BCUT2D eigenvalue weighted by Crippen LogP contribution is 2.34. The summed E-state index contributed by atoms with van der Waals surface area (Å²) < 4.78 is 40.9. The first-order chi connectivity index (χ1) is 10.3. The first-order valence-corrected chi connectivity index (χ1v) is 7.21. The van der Waals surface area contributed by atoms with E-state index >= 15 is 0 Å². The highest BCUT2D eigenvalue weighted by Gasteiger charge is 2.33. The van der Waals surface area contributed by atoms with E-state index in [0.29, 0.717) is 0 Å². The summed E-state index contributed by atoms with van der Waals surface area (Å²) in [6.45, 7) is 1.90. The van der Waals surface area contributed by atoms with Crippen LogP contribution in [0.2, 0.25) is 0 Å². The van der Waals surface area contributed by atoms with Crippen molar-refractivity contribution in [2.24, 2.45) is 5.92 Å². The van der Waals surface area contributed by atoms with Crippen molar-refractivity contribution in [2.75, 3.05) is 5.32 Å². The zero-order valence-electron chi connectivity index (χ0n) is 11.6. The van der Waals surface area contributed by atoms with Crippen LogP contribution >= 0.6 is 15.9 Å². The molecule has 1 N–H and O–H groups in total. The van der Waals surface area contributed by atoms with Crippen LogP contribution in [0, 0.1) is 5.92 Å². The van der Waals surface area contributed by atoms with E-state index in [-0.39, 0.29) is 12.2 Å². The highest BCUT2D eigenvalue weighted by molar-refractivity contribution is 9.10. The molecule has 1 aromatic carbocycles. The maximum atomic E-state index is 12.9. The Balaban J connectivity index is 2.09. The van der Waals surface area contributed by atoms with Gasteiger partial charge in [0.05, 0.1) is 34.4 Å². The van der Waals surface area contributed by atoms with Crippen LogP contribution in [0.1, 0.15) is 12.5 Å². The monoisotopic (exact) mass is 375 g/mol. The summed E-state index contributed by atoms with van der Waals surface area (Å²) in [5.74, 6) is -1.03. The van der Waals surface area contributed by atoms with Gasteiger partial charge in [-0.2, -0.15) is 18.3 Å². The van der Waals surface area contributed by atoms with Crippen LogP contribution in [-0.4, -0.2) is 15.7 Å². The lowest BCUT2D eigenvalue weighted by atomic mass is 10.1. The molecule has 0 aliphatic heterocycles. The molecule has 0 saturated carbocycles. The molecule has 1 atom stereocenters. The third-order valence-electron chi connectivity index (χ3n) is 3.00. The number of amides is 1. The summed E-state index contributed by atoms with van der Waals surface area (Å²) in [5.41, 5.74) is -1.11. The van der Waals surface area contributed by atoms with Gasteiger partial charge in [0.25, 0.3) is 0 Å². The number of anilines is 1. The van der Waals surface area contributed by atoms with Gasteiger partial charge in [-0.05, 0) is 28.1 Å². The molecule has 118 valence electrons. The van der Waals surface area contributed by atoms with Gasteiger partial charge in [0.15, 0.2) is 0 Å². The van der Waals surface area contributed by atoms with Gasteiger partial charge in [-0.15, -0.1) is 0 Å². The highest BCUT2D eigenvalue weighted by atomic mass is 79.9. The molecule has 0 aliphatic rings. The van der Waals surface area contributed by atoms with E-state index in [9.17, 15) is 18.0 Å². The average molecular weight is 376 g/mol. The molecule has 0 spiro atoms. The molecule has 1 heterocycles. The molecule has 4 nitrogen and oxygen atoms in total. The number of hydrogen-bond acceptors (Lipinski definition) is 2.